The van der Waals surface area contributed by atoms with Crippen LogP contribution < -0.4 is 4.90 Å². The zero-order valence-electron chi connectivity index (χ0n) is 22.7. The molecular formula is C37H25N5. The lowest BCUT2D eigenvalue weighted by atomic mass is 9.99. The molecule has 42 heavy (non-hydrogen) atoms. The Balaban J connectivity index is 1.35. The Hall–Kier alpha value is -5.81. The fourth-order valence-electron chi connectivity index (χ4n) is 5.77. The molecule has 0 unspecified atom stereocenters. The molecule has 198 valence electrons. The maximum atomic E-state index is 4.88. The highest BCUT2D eigenvalue weighted by atomic mass is 15.3. The molecule has 0 fully saturated rings. The minimum absolute atomic E-state index is 0.936. The molecule has 0 saturated heterocycles. The maximum Gasteiger partial charge on any atom is 0.0802 e. The van der Waals surface area contributed by atoms with Crippen molar-refractivity contribution in [2.24, 2.45) is 0 Å². The fraction of sp³-hybridized carbons (Fsp3) is 0. The quantitative estimate of drug-likeness (QED) is 0.224. The molecule has 0 radical (unpaired) electrons. The van der Waals surface area contributed by atoms with E-state index < -0.39 is 0 Å². The lowest BCUT2D eigenvalue weighted by Gasteiger charge is -2.28. The molecule has 3 aromatic heterocycles. The average molecular weight is 540 g/mol. The SMILES string of the molecule is c1ccc(-c2cnn(-c3ccc4c(c3)N(c3cccc(-c5ccccn5)c3)c3ccccc3-c3ncccc3-4)c2)cc1. The maximum absolute atomic E-state index is 4.88. The van der Waals surface area contributed by atoms with Crippen LogP contribution in [0.3, 0.4) is 0 Å². The summed E-state index contributed by atoms with van der Waals surface area (Å²) in [5.41, 5.74) is 12.6. The van der Waals surface area contributed by atoms with Crippen molar-refractivity contribution in [3.63, 3.8) is 0 Å². The Kier molecular flexibility index (Phi) is 5.71. The molecule has 7 aromatic rings. The van der Waals surface area contributed by atoms with Gasteiger partial charge in [0.2, 0.25) is 0 Å². The van der Waals surface area contributed by atoms with E-state index >= 15 is 0 Å². The molecule has 1 aliphatic heterocycles. The second-order valence-corrected chi connectivity index (χ2v) is 10.3. The van der Waals surface area contributed by atoms with E-state index in [1.807, 2.05) is 53.6 Å². The number of pyridine rings is 2. The van der Waals surface area contributed by atoms with Crippen molar-refractivity contribution in [2.45, 2.75) is 0 Å². The van der Waals surface area contributed by atoms with Gasteiger partial charge in [-0.3, -0.25) is 9.97 Å². The number of anilines is 3. The first-order valence-electron chi connectivity index (χ1n) is 13.9. The zero-order valence-corrected chi connectivity index (χ0v) is 22.7. The third kappa shape index (κ3) is 4.07. The monoisotopic (exact) mass is 539 g/mol. The van der Waals surface area contributed by atoms with Crippen molar-refractivity contribution in [3.8, 4) is 50.5 Å². The van der Waals surface area contributed by atoms with E-state index in [4.69, 9.17) is 10.1 Å². The van der Waals surface area contributed by atoms with Gasteiger partial charge in [-0.1, -0.05) is 78.9 Å². The second-order valence-electron chi connectivity index (χ2n) is 10.3. The van der Waals surface area contributed by atoms with E-state index in [1.165, 1.54) is 0 Å². The first kappa shape index (κ1) is 24.0. The van der Waals surface area contributed by atoms with Crippen molar-refractivity contribution in [3.05, 3.63) is 152 Å². The standard InChI is InChI=1S/C37H25N5/c1-2-10-26(11-3-1)28-24-40-41(25-28)29-18-19-31-32-15-9-21-39-37(32)33-14-4-5-17-35(33)42(36(31)23-29)30-13-8-12-27(22-30)34-16-6-7-20-38-34/h1-25H. The predicted octanol–water partition coefficient (Wildman–Crippen LogP) is 9.11. The Morgan fingerprint density at radius 3 is 2.19 bits per heavy atom. The lowest BCUT2D eigenvalue weighted by Crippen LogP contribution is -2.12. The number of rotatable bonds is 4. The fourth-order valence-corrected chi connectivity index (χ4v) is 5.77. The number of aromatic nitrogens is 4. The number of para-hydroxylation sites is 1. The van der Waals surface area contributed by atoms with E-state index in [0.717, 1.165) is 67.5 Å². The Bertz CT molecular complexity index is 2050. The summed E-state index contributed by atoms with van der Waals surface area (Å²) in [6.45, 7) is 0. The molecule has 0 aliphatic carbocycles. The van der Waals surface area contributed by atoms with Crippen molar-refractivity contribution < 1.29 is 0 Å². The van der Waals surface area contributed by atoms with Crippen molar-refractivity contribution >= 4 is 17.1 Å². The van der Waals surface area contributed by atoms with Crippen LogP contribution in [-0.4, -0.2) is 19.7 Å². The molecule has 4 aromatic carbocycles. The van der Waals surface area contributed by atoms with Crippen LogP contribution >= 0.6 is 0 Å². The smallest absolute Gasteiger partial charge is 0.0802 e. The topological polar surface area (TPSA) is 46.8 Å². The third-order valence-electron chi connectivity index (χ3n) is 7.74. The highest BCUT2D eigenvalue weighted by Crippen LogP contribution is 2.50. The molecule has 8 rings (SSSR count). The number of benzene rings is 4. The van der Waals surface area contributed by atoms with Gasteiger partial charge in [0.15, 0.2) is 0 Å². The lowest BCUT2D eigenvalue weighted by molar-refractivity contribution is 0.880. The van der Waals surface area contributed by atoms with Gasteiger partial charge >= 0.3 is 0 Å². The summed E-state index contributed by atoms with van der Waals surface area (Å²) < 4.78 is 1.95. The predicted molar refractivity (Wildman–Crippen MR) is 169 cm³/mol. The molecule has 0 spiro atoms. The normalized spacial score (nSPS) is 11.8. The van der Waals surface area contributed by atoms with Gasteiger partial charge in [-0.2, -0.15) is 5.10 Å². The van der Waals surface area contributed by atoms with Gasteiger partial charge in [0.25, 0.3) is 0 Å². The minimum Gasteiger partial charge on any atom is -0.309 e. The van der Waals surface area contributed by atoms with Gasteiger partial charge in [-0.25, -0.2) is 4.68 Å². The van der Waals surface area contributed by atoms with E-state index in [2.05, 4.69) is 113 Å². The van der Waals surface area contributed by atoms with Crippen molar-refractivity contribution in [2.75, 3.05) is 4.90 Å². The summed E-state index contributed by atoms with van der Waals surface area (Å²) in [7, 11) is 0. The molecule has 0 amide bonds. The van der Waals surface area contributed by atoms with Crippen LogP contribution in [0.25, 0.3) is 50.5 Å². The van der Waals surface area contributed by atoms with E-state index in [1.54, 1.807) is 0 Å². The zero-order chi connectivity index (χ0) is 27.9. The summed E-state index contributed by atoms with van der Waals surface area (Å²) in [6.07, 6.45) is 7.71. The van der Waals surface area contributed by atoms with Crippen LogP contribution in [0.2, 0.25) is 0 Å². The van der Waals surface area contributed by atoms with Gasteiger partial charge in [0, 0.05) is 52.1 Å². The van der Waals surface area contributed by atoms with Gasteiger partial charge in [0.05, 0.1) is 34.6 Å². The average Bonchev–Trinajstić information content (AvgIpc) is 3.53. The molecule has 5 heteroatoms. The highest BCUT2D eigenvalue weighted by molar-refractivity contribution is 6.01. The Morgan fingerprint density at radius 1 is 0.476 bits per heavy atom. The molecule has 0 atom stereocenters. The largest absolute Gasteiger partial charge is 0.309 e. The number of nitrogens with zero attached hydrogens (tertiary/aromatic N) is 5. The Morgan fingerprint density at radius 2 is 1.29 bits per heavy atom. The molecule has 0 N–H and O–H groups in total. The minimum atomic E-state index is 0.936. The van der Waals surface area contributed by atoms with Gasteiger partial charge in [-0.05, 0) is 54.1 Å². The summed E-state index contributed by atoms with van der Waals surface area (Å²) in [6, 6.07) is 44.1. The second kappa shape index (κ2) is 9.98. The number of hydrogen-bond donors (Lipinski definition) is 0. The van der Waals surface area contributed by atoms with Crippen LogP contribution in [0.1, 0.15) is 0 Å². The first-order chi connectivity index (χ1) is 20.8. The summed E-state index contributed by atoms with van der Waals surface area (Å²) >= 11 is 0. The van der Waals surface area contributed by atoms with Crippen LogP contribution in [0, 0.1) is 0 Å². The number of fused-ring (bicyclic) bond motifs is 5. The van der Waals surface area contributed by atoms with E-state index in [0.29, 0.717) is 0 Å². The summed E-state index contributed by atoms with van der Waals surface area (Å²) in [4.78, 5) is 11.8. The number of hydrogen-bond acceptors (Lipinski definition) is 4. The Labute approximate surface area is 244 Å². The molecule has 0 bridgehead atoms. The van der Waals surface area contributed by atoms with E-state index in [9.17, 15) is 0 Å². The van der Waals surface area contributed by atoms with Crippen LogP contribution in [-0.2, 0) is 0 Å². The first-order valence-corrected chi connectivity index (χ1v) is 13.9. The molecule has 4 heterocycles. The van der Waals surface area contributed by atoms with E-state index in [-0.39, 0.29) is 0 Å². The van der Waals surface area contributed by atoms with Crippen LogP contribution in [0.15, 0.2) is 152 Å². The summed E-state index contributed by atoms with van der Waals surface area (Å²) in [5, 5.41) is 4.75. The summed E-state index contributed by atoms with van der Waals surface area (Å²) in [5.74, 6) is 0. The van der Waals surface area contributed by atoms with Gasteiger partial charge in [-0.15, -0.1) is 0 Å². The molecular weight excluding hydrogens is 514 g/mol. The molecule has 5 nitrogen and oxygen atoms in total. The van der Waals surface area contributed by atoms with Gasteiger partial charge < -0.3 is 4.90 Å². The van der Waals surface area contributed by atoms with Crippen molar-refractivity contribution in [1.82, 2.24) is 19.7 Å². The third-order valence-corrected chi connectivity index (χ3v) is 7.74. The van der Waals surface area contributed by atoms with Crippen LogP contribution in [0.4, 0.5) is 17.1 Å². The molecule has 1 aliphatic rings. The highest BCUT2D eigenvalue weighted by Gasteiger charge is 2.27. The van der Waals surface area contributed by atoms with Crippen molar-refractivity contribution in [1.29, 1.82) is 0 Å². The van der Waals surface area contributed by atoms with Crippen LogP contribution in [0.5, 0.6) is 0 Å². The molecule has 0 saturated carbocycles. The van der Waals surface area contributed by atoms with Gasteiger partial charge in [0.1, 0.15) is 0 Å².